The highest BCUT2D eigenvalue weighted by Gasteiger charge is 2.15. The van der Waals surface area contributed by atoms with Gasteiger partial charge in [-0.05, 0) is 44.3 Å². The minimum absolute atomic E-state index is 0.359. The normalized spacial score (nSPS) is 25.0. The van der Waals surface area contributed by atoms with E-state index in [0.717, 1.165) is 31.2 Å². The minimum atomic E-state index is 0.359. The Balaban J connectivity index is 1.48. The number of likely N-dealkylation sites (tertiary alicyclic amines) is 1. The summed E-state index contributed by atoms with van der Waals surface area (Å²) in [6.07, 6.45) is 6.89. The molecule has 0 unspecified atom stereocenters. The number of nitrogens with one attached hydrogen (secondary N) is 3. The lowest BCUT2D eigenvalue weighted by molar-refractivity contribution is -0.903. The highest BCUT2D eigenvalue weighted by molar-refractivity contribution is 7.80. The van der Waals surface area contributed by atoms with Gasteiger partial charge >= 0.3 is 0 Å². The van der Waals surface area contributed by atoms with Crippen molar-refractivity contribution in [2.24, 2.45) is 0 Å². The molecule has 0 aliphatic carbocycles. The van der Waals surface area contributed by atoms with Crippen LogP contribution in [0.5, 0.6) is 0 Å². The average Bonchev–Trinajstić information content (AvgIpc) is 2.91. The lowest BCUT2D eigenvalue weighted by Gasteiger charge is -2.23. The lowest BCUT2D eigenvalue weighted by atomic mass is 10.1. The Morgan fingerprint density at radius 1 is 1.17 bits per heavy atom. The highest BCUT2D eigenvalue weighted by Crippen LogP contribution is 2.10. The number of hydrogen-bond acceptors (Lipinski definition) is 2. The molecule has 0 saturated carbocycles. The van der Waals surface area contributed by atoms with E-state index in [4.69, 9.17) is 17.0 Å². The molecule has 18 heavy (non-hydrogen) atoms. The molecule has 0 aromatic heterocycles. The zero-order chi connectivity index (χ0) is 12.6. The van der Waals surface area contributed by atoms with Gasteiger partial charge in [0.1, 0.15) is 0 Å². The third-order valence-electron chi connectivity index (χ3n) is 3.84. The molecule has 2 saturated heterocycles. The topological polar surface area (TPSA) is 37.7 Å². The van der Waals surface area contributed by atoms with E-state index in [1.165, 1.54) is 45.3 Å². The Hall–Kier alpha value is -0.390. The molecule has 2 heterocycles. The van der Waals surface area contributed by atoms with Crippen LogP contribution >= 0.6 is 12.2 Å². The number of quaternary nitrogens is 1. The fourth-order valence-corrected chi connectivity index (χ4v) is 2.91. The van der Waals surface area contributed by atoms with Crippen LogP contribution in [0, 0.1) is 0 Å². The fraction of sp³-hybridized carbons (Fsp3) is 0.923. The number of piperidine rings is 1. The van der Waals surface area contributed by atoms with Crippen LogP contribution < -0.4 is 15.5 Å². The van der Waals surface area contributed by atoms with Gasteiger partial charge in [-0.1, -0.05) is 0 Å². The second kappa shape index (κ2) is 7.92. The van der Waals surface area contributed by atoms with Crippen molar-refractivity contribution in [3.8, 4) is 0 Å². The first-order valence-corrected chi connectivity index (χ1v) is 7.72. The molecule has 4 nitrogen and oxygen atoms in total. The summed E-state index contributed by atoms with van der Waals surface area (Å²) in [5, 5.41) is 7.33. The molecule has 2 rings (SSSR count). The molecule has 1 atom stereocenters. The minimum Gasteiger partial charge on any atom is -0.376 e. The molecule has 2 fully saturated rings. The predicted octanol–water partition coefficient (Wildman–Crippen LogP) is -0.302. The zero-order valence-electron chi connectivity index (χ0n) is 11.2. The quantitative estimate of drug-likeness (QED) is 0.601. The molecule has 0 spiro atoms. The molecular weight excluding hydrogens is 246 g/mol. The van der Waals surface area contributed by atoms with Crippen molar-refractivity contribution in [1.29, 1.82) is 0 Å². The van der Waals surface area contributed by atoms with Crippen molar-refractivity contribution in [3.05, 3.63) is 0 Å². The summed E-state index contributed by atoms with van der Waals surface area (Å²) < 4.78 is 5.55. The molecule has 0 amide bonds. The van der Waals surface area contributed by atoms with Gasteiger partial charge in [0.05, 0.1) is 32.3 Å². The molecule has 0 radical (unpaired) electrons. The van der Waals surface area contributed by atoms with Gasteiger partial charge in [-0.3, -0.25) is 0 Å². The molecular formula is C13H26N3OS+. The predicted molar refractivity (Wildman–Crippen MR) is 77.0 cm³/mol. The summed E-state index contributed by atoms with van der Waals surface area (Å²) in [7, 11) is 0. The van der Waals surface area contributed by atoms with E-state index in [1.807, 2.05) is 0 Å². The summed E-state index contributed by atoms with van der Waals surface area (Å²) in [5.41, 5.74) is 0. The third kappa shape index (κ3) is 5.08. The van der Waals surface area contributed by atoms with E-state index < -0.39 is 0 Å². The van der Waals surface area contributed by atoms with Crippen LogP contribution in [-0.4, -0.2) is 50.5 Å². The monoisotopic (exact) mass is 272 g/mol. The van der Waals surface area contributed by atoms with Gasteiger partial charge in [-0.15, -0.1) is 0 Å². The summed E-state index contributed by atoms with van der Waals surface area (Å²) >= 11 is 5.27. The molecule has 3 N–H and O–H groups in total. The van der Waals surface area contributed by atoms with Crippen molar-refractivity contribution < 1.29 is 9.64 Å². The van der Waals surface area contributed by atoms with Gasteiger partial charge < -0.3 is 20.3 Å². The van der Waals surface area contributed by atoms with Crippen LogP contribution in [0.3, 0.4) is 0 Å². The van der Waals surface area contributed by atoms with Crippen LogP contribution in [0.15, 0.2) is 0 Å². The van der Waals surface area contributed by atoms with E-state index in [1.54, 1.807) is 4.90 Å². The van der Waals surface area contributed by atoms with Crippen LogP contribution in [0.25, 0.3) is 0 Å². The summed E-state index contributed by atoms with van der Waals surface area (Å²) in [5.74, 6) is 0. The molecule has 5 heteroatoms. The first-order chi connectivity index (χ1) is 8.84. The van der Waals surface area contributed by atoms with Crippen LogP contribution in [0.1, 0.15) is 32.1 Å². The first-order valence-electron chi connectivity index (χ1n) is 7.31. The van der Waals surface area contributed by atoms with Crippen molar-refractivity contribution in [1.82, 2.24) is 10.6 Å². The molecule has 2 aliphatic heterocycles. The lowest BCUT2D eigenvalue weighted by Crippen LogP contribution is -3.13. The summed E-state index contributed by atoms with van der Waals surface area (Å²) in [6.45, 7) is 6.58. The van der Waals surface area contributed by atoms with Gasteiger partial charge in [0.25, 0.3) is 0 Å². The van der Waals surface area contributed by atoms with Gasteiger partial charge in [-0.2, -0.15) is 0 Å². The molecule has 0 aromatic rings. The van der Waals surface area contributed by atoms with Crippen molar-refractivity contribution in [2.75, 3.05) is 39.3 Å². The van der Waals surface area contributed by atoms with E-state index in [2.05, 4.69) is 10.6 Å². The largest absolute Gasteiger partial charge is 0.376 e. The molecule has 104 valence electrons. The maximum Gasteiger partial charge on any atom is 0.166 e. The molecule has 0 bridgehead atoms. The van der Waals surface area contributed by atoms with E-state index in [9.17, 15) is 0 Å². The number of hydrogen-bond donors (Lipinski definition) is 3. The maximum absolute atomic E-state index is 5.55. The highest BCUT2D eigenvalue weighted by atomic mass is 32.1. The Bertz CT molecular complexity index is 251. The smallest absolute Gasteiger partial charge is 0.166 e. The van der Waals surface area contributed by atoms with E-state index in [0.29, 0.717) is 6.10 Å². The number of thiocarbonyl (C=S) groups is 1. The fourth-order valence-electron chi connectivity index (χ4n) is 2.73. The van der Waals surface area contributed by atoms with Gasteiger partial charge in [0, 0.05) is 13.2 Å². The third-order valence-corrected chi connectivity index (χ3v) is 4.13. The van der Waals surface area contributed by atoms with E-state index in [-0.39, 0.29) is 0 Å². The second-order valence-electron chi connectivity index (χ2n) is 5.33. The van der Waals surface area contributed by atoms with Crippen molar-refractivity contribution in [2.45, 2.75) is 38.2 Å². The maximum atomic E-state index is 5.55. The van der Waals surface area contributed by atoms with Crippen molar-refractivity contribution >= 4 is 17.3 Å². The Kier molecular flexibility index (Phi) is 6.17. The van der Waals surface area contributed by atoms with Crippen LogP contribution in [0.4, 0.5) is 0 Å². The Labute approximate surface area is 115 Å². The SMILES string of the molecule is S=C(NCC[NH+]1CCCCC1)NC[C@H]1CCCO1. The van der Waals surface area contributed by atoms with Gasteiger partial charge in [0.2, 0.25) is 0 Å². The van der Waals surface area contributed by atoms with Gasteiger partial charge in [0.15, 0.2) is 5.11 Å². The molecule has 0 aromatic carbocycles. The van der Waals surface area contributed by atoms with Crippen LogP contribution in [-0.2, 0) is 4.74 Å². The van der Waals surface area contributed by atoms with E-state index >= 15 is 0 Å². The second-order valence-corrected chi connectivity index (χ2v) is 5.74. The molecule has 2 aliphatic rings. The number of rotatable bonds is 5. The zero-order valence-corrected chi connectivity index (χ0v) is 12.0. The Morgan fingerprint density at radius 3 is 2.72 bits per heavy atom. The van der Waals surface area contributed by atoms with Crippen molar-refractivity contribution in [3.63, 3.8) is 0 Å². The van der Waals surface area contributed by atoms with Gasteiger partial charge in [-0.25, -0.2) is 0 Å². The Morgan fingerprint density at radius 2 is 2.00 bits per heavy atom. The van der Waals surface area contributed by atoms with Crippen LogP contribution in [0.2, 0.25) is 0 Å². The summed E-state index contributed by atoms with van der Waals surface area (Å²) in [6, 6.07) is 0. The number of ether oxygens (including phenoxy) is 1. The average molecular weight is 272 g/mol. The standard InChI is InChI=1S/C13H25N3OS/c18-13(15-11-12-5-4-10-17-12)14-6-9-16-7-2-1-3-8-16/h12H,1-11H2,(H2,14,15,18)/p+1/t12-/m1/s1. The summed E-state index contributed by atoms with van der Waals surface area (Å²) in [4.78, 5) is 1.72. The first kappa shape index (κ1) is 14.0.